The summed E-state index contributed by atoms with van der Waals surface area (Å²) >= 11 is 0. The highest BCUT2D eigenvalue weighted by molar-refractivity contribution is 5.85. The second-order valence-electron chi connectivity index (χ2n) is 3.43. The highest BCUT2D eigenvalue weighted by atomic mass is 35.5. The molecule has 0 aliphatic carbocycles. The number of hydrogen-bond acceptors (Lipinski definition) is 3. The molecule has 0 saturated heterocycles. The SMILES string of the molecule is COc1ccc2c(c1)C(C)NCCO2.Cl. The molecule has 2 rings (SSSR count). The van der Waals surface area contributed by atoms with E-state index in [-0.39, 0.29) is 12.4 Å². The van der Waals surface area contributed by atoms with Gasteiger partial charge in [-0.2, -0.15) is 0 Å². The first-order valence-electron chi connectivity index (χ1n) is 4.85. The monoisotopic (exact) mass is 229 g/mol. The minimum absolute atomic E-state index is 0. The summed E-state index contributed by atoms with van der Waals surface area (Å²) in [6.07, 6.45) is 0. The average Bonchev–Trinajstić information content (AvgIpc) is 2.40. The van der Waals surface area contributed by atoms with Crippen molar-refractivity contribution in [2.24, 2.45) is 0 Å². The number of rotatable bonds is 1. The van der Waals surface area contributed by atoms with Gasteiger partial charge in [-0.25, -0.2) is 0 Å². The number of nitrogens with one attached hydrogen (secondary N) is 1. The van der Waals surface area contributed by atoms with E-state index in [4.69, 9.17) is 9.47 Å². The van der Waals surface area contributed by atoms with Crippen LogP contribution in [-0.4, -0.2) is 20.3 Å². The number of methoxy groups -OCH3 is 1. The first-order chi connectivity index (χ1) is 6.81. The molecule has 4 heteroatoms. The van der Waals surface area contributed by atoms with Crippen molar-refractivity contribution in [2.75, 3.05) is 20.3 Å². The summed E-state index contributed by atoms with van der Waals surface area (Å²) in [5.41, 5.74) is 1.17. The Hall–Kier alpha value is -0.930. The predicted octanol–water partition coefficient (Wildman–Crippen LogP) is 2.16. The van der Waals surface area contributed by atoms with Crippen LogP contribution in [0.25, 0.3) is 0 Å². The van der Waals surface area contributed by atoms with Crippen molar-refractivity contribution in [3.63, 3.8) is 0 Å². The van der Waals surface area contributed by atoms with Crippen LogP contribution in [0.15, 0.2) is 18.2 Å². The predicted molar refractivity (Wildman–Crippen MR) is 62.2 cm³/mol. The summed E-state index contributed by atoms with van der Waals surface area (Å²) in [7, 11) is 1.68. The van der Waals surface area contributed by atoms with Crippen molar-refractivity contribution in [1.82, 2.24) is 5.32 Å². The van der Waals surface area contributed by atoms with Gasteiger partial charge >= 0.3 is 0 Å². The Morgan fingerprint density at radius 3 is 3.00 bits per heavy atom. The van der Waals surface area contributed by atoms with E-state index in [0.29, 0.717) is 6.04 Å². The van der Waals surface area contributed by atoms with Gasteiger partial charge in [-0.15, -0.1) is 12.4 Å². The quantitative estimate of drug-likeness (QED) is 0.801. The van der Waals surface area contributed by atoms with Gasteiger partial charge in [0.05, 0.1) is 7.11 Å². The van der Waals surface area contributed by atoms with Gasteiger partial charge in [0.15, 0.2) is 0 Å². The van der Waals surface area contributed by atoms with Crippen molar-refractivity contribution in [3.05, 3.63) is 23.8 Å². The Morgan fingerprint density at radius 1 is 1.47 bits per heavy atom. The van der Waals surface area contributed by atoms with E-state index in [2.05, 4.69) is 12.2 Å². The van der Waals surface area contributed by atoms with Crippen LogP contribution in [-0.2, 0) is 0 Å². The van der Waals surface area contributed by atoms with Crippen LogP contribution >= 0.6 is 12.4 Å². The molecule has 84 valence electrons. The molecule has 15 heavy (non-hydrogen) atoms. The standard InChI is InChI=1S/C11H15NO2.ClH/c1-8-10-7-9(13-2)3-4-11(10)14-6-5-12-8;/h3-4,7-8,12H,5-6H2,1-2H3;1H. The van der Waals surface area contributed by atoms with E-state index in [1.807, 2.05) is 18.2 Å². The summed E-state index contributed by atoms with van der Waals surface area (Å²) in [6.45, 7) is 3.74. The zero-order valence-electron chi connectivity index (χ0n) is 8.95. The van der Waals surface area contributed by atoms with Gasteiger partial charge in [0.2, 0.25) is 0 Å². The van der Waals surface area contributed by atoms with Crippen LogP contribution in [0, 0.1) is 0 Å². The van der Waals surface area contributed by atoms with E-state index in [9.17, 15) is 0 Å². The first-order valence-corrected chi connectivity index (χ1v) is 4.85. The Bertz CT molecular complexity index is 330. The molecule has 0 radical (unpaired) electrons. The van der Waals surface area contributed by atoms with Gasteiger partial charge in [-0.3, -0.25) is 0 Å². The Morgan fingerprint density at radius 2 is 2.27 bits per heavy atom. The largest absolute Gasteiger partial charge is 0.497 e. The molecule has 1 heterocycles. The maximum atomic E-state index is 5.60. The van der Waals surface area contributed by atoms with Crippen molar-refractivity contribution < 1.29 is 9.47 Å². The van der Waals surface area contributed by atoms with E-state index < -0.39 is 0 Å². The van der Waals surface area contributed by atoms with E-state index in [1.165, 1.54) is 5.56 Å². The number of halogens is 1. The van der Waals surface area contributed by atoms with Crippen molar-refractivity contribution in [1.29, 1.82) is 0 Å². The molecule has 3 nitrogen and oxygen atoms in total. The van der Waals surface area contributed by atoms with Crippen molar-refractivity contribution in [3.8, 4) is 11.5 Å². The summed E-state index contributed by atoms with van der Waals surface area (Å²) in [5.74, 6) is 1.84. The second-order valence-corrected chi connectivity index (χ2v) is 3.43. The van der Waals surface area contributed by atoms with Crippen LogP contribution in [0.3, 0.4) is 0 Å². The van der Waals surface area contributed by atoms with Crippen LogP contribution in [0.4, 0.5) is 0 Å². The lowest BCUT2D eigenvalue weighted by atomic mass is 10.1. The van der Waals surface area contributed by atoms with Crippen LogP contribution < -0.4 is 14.8 Å². The third-order valence-corrected chi connectivity index (χ3v) is 2.49. The number of benzene rings is 1. The number of fused-ring (bicyclic) bond motifs is 1. The third-order valence-electron chi connectivity index (χ3n) is 2.49. The fourth-order valence-corrected chi connectivity index (χ4v) is 1.67. The molecule has 0 bridgehead atoms. The fraction of sp³-hybridized carbons (Fsp3) is 0.455. The smallest absolute Gasteiger partial charge is 0.124 e. The van der Waals surface area contributed by atoms with Gasteiger partial charge in [-0.1, -0.05) is 0 Å². The molecule has 0 fully saturated rings. The van der Waals surface area contributed by atoms with E-state index in [1.54, 1.807) is 7.11 Å². The Balaban J connectivity index is 0.00000112. The lowest BCUT2D eigenvalue weighted by molar-refractivity contribution is 0.324. The lowest BCUT2D eigenvalue weighted by Gasteiger charge is -2.13. The maximum Gasteiger partial charge on any atom is 0.124 e. The summed E-state index contributed by atoms with van der Waals surface area (Å²) in [6, 6.07) is 6.25. The second kappa shape index (κ2) is 5.24. The third kappa shape index (κ3) is 2.55. The molecule has 1 aromatic carbocycles. The molecule has 0 spiro atoms. The molecular formula is C11H16ClNO2. The zero-order chi connectivity index (χ0) is 9.97. The summed E-state index contributed by atoms with van der Waals surface area (Å²) in [5, 5.41) is 3.37. The summed E-state index contributed by atoms with van der Waals surface area (Å²) < 4.78 is 10.8. The van der Waals surface area contributed by atoms with E-state index >= 15 is 0 Å². The summed E-state index contributed by atoms with van der Waals surface area (Å²) in [4.78, 5) is 0. The van der Waals surface area contributed by atoms with Gasteiger partial charge in [0, 0.05) is 18.2 Å². The van der Waals surface area contributed by atoms with Crippen LogP contribution in [0.2, 0.25) is 0 Å². The van der Waals surface area contributed by atoms with Gasteiger partial charge in [-0.05, 0) is 25.1 Å². The van der Waals surface area contributed by atoms with E-state index in [0.717, 1.165) is 24.7 Å². The van der Waals surface area contributed by atoms with Gasteiger partial charge in [0.25, 0.3) is 0 Å². The number of ether oxygens (including phenoxy) is 2. The minimum Gasteiger partial charge on any atom is -0.497 e. The van der Waals surface area contributed by atoms with Crippen molar-refractivity contribution in [2.45, 2.75) is 13.0 Å². The Kier molecular flexibility index (Phi) is 4.24. The molecule has 1 unspecified atom stereocenters. The lowest BCUT2D eigenvalue weighted by Crippen LogP contribution is -2.20. The molecule has 0 amide bonds. The minimum atomic E-state index is 0. The molecular weight excluding hydrogens is 214 g/mol. The maximum absolute atomic E-state index is 5.60. The average molecular weight is 230 g/mol. The van der Waals surface area contributed by atoms with Gasteiger partial charge in [0.1, 0.15) is 18.1 Å². The van der Waals surface area contributed by atoms with Crippen LogP contribution in [0.5, 0.6) is 11.5 Å². The molecule has 0 aromatic heterocycles. The van der Waals surface area contributed by atoms with Crippen LogP contribution in [0.1, 0.15) is 18.5 Å². The van der Waals surface area contributed by atoms with Crippen molar-refractivity contribution >= 4 is 12.4 Å². The zero-order valence-corrected chi connectivity index (χ0v) is 9.76. The van der Waals surface area contributed by atoms with Gasteiger partial charge < -0.3 is 14.8 Å². The first kappa shape index (κ1) is 12.1. The highest BCUT2D eigenvalue weighted by Crippen LogP contribution is 2.30. The Labute approximate surface area is 96.2 Å². The molecule has 1 N–H and O–H groups in total. The molecule has 1 aliphatic heterocycles. The topological polar surface area (TPSA) is 30.5 Å². The fourth-order valence-electron chi connectivity index (χ4n) is 1.67. The molecule has 1 aliphatic rings. The molecule has 1 atom stereocenters. The molecule has 1 aromatic rings. The highest BCUT2D eigenvalue weighted by Gasteiger charge is 2.15. The molecule has 0 saturated carbocycles. The normalized spacial score (nSPS) is 19.2. The number of hydrogen-bond donors (Lipinski definition) is 1.